The van der Waals surface area contributed by atoms with Gasteiger partial charge in [-0.3, -0.25) is 0 Å². The van der Waals surface area contributed by atoms with Gasteiger partial charge in [0.25, 0.3) is 0 Å². The van der Waals surface area contributed by atoms with Gasteiger partial charge in [-0.1, -0.05) is 23.8 Å². The van der Waals surface area contributed by atoms with Gasteiger partial charge >= 0.3 is 0 Å². The summed E-state index contributed by atoms with van der Waals surface area (Å²) in [4.78, 5) is 0. The van der Waals surface area contributed by atoms with E-state index in [1.54, 1.807) is 0 Å². The number of aryl methyl sites for hydroxylation is 1. The Morgan fingerprint density at radius 1 is 1.43 bits per heavy atom. The molecule has 1 fully saturated rings. The number of rotatable bonds is 2. The number of aliphatic hydroxyl groups is 2. The van der Waals surface area contributed by atoms with Gasteiger partial charge in [-0.15, -0.1) is 0 Å². The fourth-order valence-electron chi connectivity index (χ4n) is 1.76. The van der Waals surface area contributed by atoms with Crippen LogP contribution in [0, 0.1) is 6.92 Å². The van der Waals surface area contributed by atoms with Crippen LogP contribution < -0.4 is 0 Å². The lowest BCUT2D eigenvalue weighted by molar-refractivity contribution is -0.185. The van der Waals surface area contributed by atoms with E-state index < -0.39 is 5.60 Å². The maximum absolute atomic E-state index is 10.0. The molecular weight excluding hydrogens is 180 g/mol. The van der Waals surface area contributed by atoms with Gasteiger partial charge in [-0.25, -0.2) is 0 Å². The predicted molar refractivity (Wildman–Crippen MR) is 51.8 cm³/mol. The minimum Gasteiger partial charge on any atom is -0.392 e. The number of ether oxygens (including phenoxy) is 1. The number of hydrogen-bond acceptors (Lipinski definition) is 3. The van der Waals surface area contributed by atoms with E-state index in [2.05, 4.69) is 0 Å². The van der Waals surface area contributed by atoms with Crippen molar-refractivity contribution < 1.29 is 14.9 Å². The van der Waals surface area contributed by atoms with Crippen molar-refractivity contribution in [2.24, 2.45) is 0 Å². The van der Waals surface area contributed by atoms with Crippen molar-refractivity contribution in [2.45, 2.75) is 19.1 Å². The minimum absolute atomic E-state index is 0.0423. The van der Waals surface area contributed by atoms with Crippen LogP contribution in [0.5, 0.6) is 0 Å². The highest BCUT2D eigenvalue weighted by Gasteiger charge is 2.39. The van der Waals surface area contributed by atoms with Crippen LogP contribution in [0.3, 0.4) is 0 Å². The highest BCUT2D eigenvalue weighted by Crippen LogP contribution is 2.32. The molecule has 2 N–H and O–H groups in total. The monoisotopic (exact) mass is 194 g/mol. The molecule has 1 aliphatic rings. The Labute approximate surface area is 83.0 Å². The summed E-state index contributed by atoms with van der Waals surface area (Å²) in [6, 6.07) is 5.69. The second-order valence-electron chi connectivity index (χ2n) is 3.84. The lowest BCUT2D eigenvalue weighted by atomic mass is 9.87. The predicted octanol–water partition coefficient (Wildman–Crippen LogP) is 0.705. The molecule has 0 aromatic heterocycles. The summed E-state index contributed by atoms with van der Waals surface area (Å²) in [5.41, 5.74) is 1.78. The molecule has 0 saturated carbocycles. The highest BCUT2D eigenvalue weighted by atomic mass is 16.5. The van der Waals surface area contributed by atoms with Gasteiger partial charge in [-0.05, 0) is 18.1 Å². The third kappa shape index (κ3) is 1.43. The van der Waals surface area contributed by atoms with Crippen molar-refractivity contribution in [3.63, 3.8) is 0 Å². The summed E-state index contributed by atoms with van der Waals surface area (Å²) in [5.74, 6) is 0. The van der Waals surface area contributed by atoms with E-state index in [9.17, 15) is 10.2 Å². The molecule has 14 heavy (non-hydrogen) atoms. The molecule has 76 valence electrons. The van der Waals surface area contributed by atoms with Crippen LogP contribution >= 0.6 is 0 Å². The first-order chi connectivity index (χ1) is 6.65. The lowest BCUT2D eigenvalue weighted by Crippen LogP contribution is -2.47. The standard InChI is InChI=1S/C11H14O3/c1-8-2-3-10(9(4-8)5-12)11(13)6-14-7-11/h2-4,12-13H,5-7H2,1H3. The van der Waals surface area contributed by atoms with Gasteiger partial charge in [0.15, 0.2) is 0 Å². The Bertz CT molecular complexity index is 342. The van der Waals surface area contributed by atoms with Gasteiger partial charge < -0.3 is 14.9 Å². The van der Waals surface area contributed by atoms with Crippen molar-refractivity contribution in [2.75, 3.05) is 13.2 Å². The molecule has 1 heterocycles. The normalized spacial score (nSPS) is 19.1. The van der Waals surface area contributed by atoms with Gasteiger partial charge in [0.05, 0.1) is 19.8 Å². The van der Waals surface area contributed by atoms with Gasteiger partial charge in [0, 0.05) is 0 Å². The van der Waals surface area contributed by atoms with E-state index in [1.165, 1.54) is 0 Å². The largest absolute Gasteiger partial charge is 0.392 e. The Morgan fingerprint density at radius 3 is 2.64 bits per heavy atom. The smallest absolute Gasteiger partial charge is 0.136 e. The molecule has 1 aromatic carbocycles. The molecule has 0 radical (unpaired) electrons. The molecule has 2 rings (SSSR count). The quantitative estimate of drug-likeness (QED) is 0.728. The topological polar surface area (TPSA) is 49.7 Å². The molecule has 3 heteroatoms. The molecule has 1 saturated heterocycles. The van der Waals surface area contributed by atoms with Crippen LogP contribution in [0.15, 0.2) is 18.2 Å². The zero-order valence-corrected chi connectivity index (χ0v) is 8.16. The molecular formula is C11H14O3. The first-order valence-corrected chi connectivity index (χ1v) is 4.67. The summed E-state index contributed by atoms with van der Waals surface area (Å²) < 4.78 is 4.99. The Hall–Kier alpha value is -0.900. The van der Waals surface area contributed by atoms with E-state index in [0.29, 0.717) is 13.2 Å². The average Bonchev–Trinajstić information content (AvgIpc) is 2.14. The molecule has 0 aliphatic carbocycles. The van der Waals surface area contributed by atoms with Crippen molar-refractivity contribution in [1.82, 2.24) is 0 Å². The van der Waals surface area contributed by atoms with Gasteiger partial charge in [0.2, 0.25) is 0 Å². The third-order valence-electron chi connectivity index (χ3n) is 2.61. The molecule has 0 spiro atoms. The van der Waals surface area contributed by atoms with E-state index in [-0.39, 0.29) is 6.61 Å². The summed E-state index contributed by atoms with van der Waals surface area (Å²) in [6.07, 6.45) is 0. The SMILES string of the molecule is Cc1ccc(C2(O)COC2)c(CO)c1. The Balaban J connectivity index is 2.41. The first kappa shape index (κ1) is 9.65. The fraction of sp³-hybridized carbons (Fsp3) is 0.455. The Morgan fingerprint density at radius 2 is 2.14 bits per heavy atom. The van der Waals surface area contributed by atoms with Crippen LogP contribution in [-0.4, -0.2) is 23.4 Å². The maximum atomic E-state index is 10.0. The zero-order valence-electron chi connectivity index (χ0n) is 8.16. The molecule has 0 atom stereocenters. The second-order valence-corrected chi connectivity index (χ2v) is 3.84. The summed E-state index contributed by atoms with van der Waals surface area (Å²) >= 11 is 0. The average molecular weight is 194 g/mol. The minimum atomic E-state index is -0.883. The van der Waals surface area contributed by atoms with Crippen LogP contribution in [0.25, 0.3) is 0 Å². The highest BCUT2D eigenvalue weighted by molar-refractivity contribution is 5.36. The summed E-state index contributed by atoms with van der Waals surface area (Å²) in [5, 5.41) is 19.2. The van der Waals surface area contributed by atoms with E-state index in [4.69, 9.17) is 4.74 Å². The van der Waals surface area contributed by atoms with E-state index in [1.807, 2.05) is 25.1 Å². The van der Waals surface area contributed by atoms with Crippen molar-refractivity contribution in [3.8, 4) is 0 Å². The molecule has 0 bridgehead atoms. The lowest BCUT2D eigenvalue weighted by Gasteiger charge is -2.38. The van der Waals surface area contributed by atoms with E-state index in [0.717, 1.165) is 16.7 Å². The zero-order chi connectivity index (χ0) is 10.2. The maximum Gasteiger partial charge on any atom is 0.136 e. The second kappa shape index (κ2) is 3.35. The molecule has 1 aromatic rings. The number of aliphatic hydroxyl groups excluding tert-OH is 1. The first-order valence-electron chi connectivity index (χ1n) is 4.67. The molecule has 3 nitrogen and oxygen atoms in total. The number of hydrogen-bond donors (Lipinski definition) is 2. The molecule has 1 aliphatic heterocycles. The van der Waals surface area contributed by atoms with Crippen LogP contribution in [0.2, 0.25) is 0 Å². The van der Waals surface area contributed by atoms with Crippen LogP contribution in [0.1, 0.15) is 16.7 Å². The summed E-state index contributed by atoms with van der Waals surface area (Å²) in [6.45, 7) is 2.57. The third-order valence-corrected chi connectivity index (χ3v) is 2.61. The molecule has 0 amide bonds. The number of benzene rings is 1. The summed E-state index contributed by atoms with van der Waals surface area (Å²) in [7, 11) is 0. The van der Waals surface area contributed by atoms with Crippen molar-refractivity contribution in [3.05, 3.63) is 34.9 Å². The fourth-order valence-corrected chi connectivity index (χ4v) is 1.76. The van der Waals surface area contributed by atoms with Crippen LogP contribution in [-0.2, 0) is 16.9 Å². The Kier molecular flexibility index (Phi) is 2.31. The van der Waals surface area contributed by atoms with Crippen molar-refractivity contribution >= 4 is 0 Å². The van der Waals surface area contributed by atoms with E-state index >= 15 is 0 Å². The van der Waals surface area contributed by atoms with Crippen molar-refractivity contribution in [1.29, 1.82) is 0 Å². The van der Waals surface area contributed by atoms with Crippen LogP contribution in [0.4, 0.5) is 0 Å². The van der Waals surface area contributed by atoms with Gasteiger partial charge in [-0.2, -0.15) is 0 Å². The van der Waals surface area contributed by atoms with Gasteiger partial charge in [0.1, 0.15) is 5.60 Å². The molecule has 0 unspecified atom stereocenters.